The van der Waals surface area contributed by atoms with Gasteiger partial charge in [-0.25, -0.2) is 4.79 Å². The number of carbonyl (C=O) groups excluding carboxylic acids is 2. The molecule has 0 bridgehead atoms. The molecule has 0 aliphatic rings. The second-order valence-corrected chi connectivity index (χ2v) is 6.23. The molecule has 0 saturated heterocycles. The van der Waals surface area contributed by atoms with E-state index in [9.17, 15) is 18.4 Å². The van der Waals surface area contributed by atoms with Gasteiger partial charge in [0.25, 0.3) is 11.7 Å². The number of anilines is 1. The average Bonchev–Trinajstić information content (AvgIpc) is 2.66. The summed E-state index contributed by atoms with van der Waals surface area (Å²) in [5.41, 5.74) is 1.17. The number of benzene rings is 2. The average molecular weight is 393 g/mol. The van der Waals surface area contributed by atoms with Crippen LogP contribution in [0.5, 0.6) is 5.75 Å². The van der Waals surface area contributed by atoms with E-state index in [0.717, 1.165) is 5.56 Å². The SMILES string of the molecule is COc1cccc(/C=C/C(=O)OCC(=O)Nc2ccc(SC(F)F)cc2)c1. The van der Waals surface area contributed by atoms with Crippen LogP contribution in [0.25, 0.3) is 6.08 Å². The number of alkyl halides is 2. The number of ether oxygens (including phenoxy) is 2. The summed E-state index contributed by atoms with van der Waals surface area (Å²) in [5, 5.41) is 2.51. The number of amides is 1. The number of nitrogens with one attached hydrogen (secondary N) is 1. The van der Waals surface area contributed by atoms with Crippen molar-refractivity contribution in [1.82, 2.24) is 0 Å². The van der Waals surface area contributed by atoms with Crippen LogP contribution in [0.1, 0.15) is 5.56 Å². The molecule has 0 fully saturated rings. The van der Waals surface area contributed by atoms with Gasteiger partial charge in [-0.1, -0.05) is 23.9 Å². The lowest BCUT2D eigenvalue weighted by Gasteiger charge is -2.06. The maximum Gasteiger partial charge on any atom is 0.331 e. The van der Waals surface area contributed by atoms with Gasteiger partial charge in [0.15, 0.2) is 6.61 Å². The van der Waals surface area contributed by atoms with Crippen LogP contribution in [-0.2, 0) is 14.3 Å². The van der Waals surface area contributed by atoms with E-state index in [0.29, 0.717) is 28.1 Å². The van der Waals surface area contributed by atoms with Crippen molar-refractivity contribution in [2.45, 2.75) is 10.7 Å². The Hall–Kier alpha value is -2.87. The van der Waals surface area contributed by atoms with Gasteiger partial charge in [0.05, 0.1) is 7.11 Å². The minimum absolute atomic E-state index is 0.386. The number of hydrogen-bond donors (Lipinski definition) is 1. The first-order valence-corrected chi connectivity index (χ1v) is 8.68. The summed E-state index contributed by atoms with van der Waals surface area (Å²) < 4.78 is 34.4. The van der Waals surface area contributed by atoms with E-state index in [2.05, 4.69) is 5.32 Å². The third-order valence-electron chi connectivity index (χ3n) is 3.21. The Bertz CT molecular complexity index is 810. The fourth-order valence-corrected chi connectivity index (χ4v) is 2.51. The summed E-state index contributed by atoms with van der Waals surface area (Å²) in [6.45, 7) is -0.463. The zero-order valence-corrected chi connectivity index (χ0v) is 15.2. The van der Waals surface area contributed by atoms with Gasteiger partial charge < -0.3 is 14.8 Å². The zero-order valence-electron chi connectivity index (χ0n) is 14.4. The van der Waals surface area contributed by atoms with Gasteiger partial charge in [0.1, 0.15) is 5.75 Å². The van der Waals surface area contributed by atoms with E-state index < -0.39 is 24.2 Å². The Labute approximate surface area is 159 Å². The first-order valence-electron chi connectivity index (χ1n) is 7.80. The van der Waals surface area contributed by atoms with Crippen LogP contribution < -0.4 is 10.1 Å². The molecule has 0 spiro atoms. The van der Waals surface area contributed by atoms with E-state index in [-0.39, 0.29) is 0 Å². The van der Waals surface area contributed by atoms with E-state index in [1.807, 2.05) is 0 Å². The van der Waals surface area contributed by atoms with Gasteiger partial charge in [-0.2, -0.15) is 8.78 Å². The van der Waals surface area contributed by atoms with Gasteiger partial charge >= 0.3 is 5.97 Å². The molecule has 8 heteroatoms. The van der Waals surface area contributed by atoms with E-state index in [4.69, 9.17) is 9.47 Å². The minimum atomic E-state index is -2.50. The Morgan fingerprint density at radius 1 is 1.19 bits per heavy atom. The quantitative estimate of drug-likeness (QED) is 0.414. The Morgan fingerprint density at radius 2 is 1.93 bits per heavy atom. The standard InChI is InChI=1S/C19H17F2NO4S/c1-25-15-4-2-3-13(11-15)5-10-18(24)26-12-17(23)22-14-6-8-16(9-7-14)27-19(20)21/h2-11,19H,12H2,1H3,(H,22,23)/b10-5+. The Kier molecular flexibility index (Phi) is 7.81. The van der Waals surface area contributed by atoms with Crippen molar-refractivity contribution in [3.05, 3.63) is 60.2 Å². The number of thioether (sulfide) groups is 1. The van der Waals surface area contributed by atoms with Gasteiger partial charge in [0.2, 0.25) is 0 Å². The molecule has 2 rings (SSSR count). The largest absolute Gasteiger partial charge is 0.497 e. The van der Waals surface area contributed by atoms with Gasteiger partial charge in [-0.15, -0.1) is 0 Å². The summed E-state index contributed by atoms with van der Waals surface area (Å²) >= 11 is 0.415. The highest BCUT2D eigenvalue weighted by molar-refractivity contribution is 7.99. The number of rotatable bonds is 8. The van der Waals surface area contributed by atoms with Crippen LogP contribution in [-0.4, -0.2) is 31.4 Å². The molecule has 2 aromatic carbocycles. The highest BCUT2D eigenvalue weighted by Crippen LogP contribution is 2.26. The lowest BCUT2D eigenvalue weighted by Crippen LogP contribution is -2.20. The molecule has 0 saturated carbocycles. The molecule has 0 heterocycles. The van der Waals surface area contributed by atoms with Crippen LogP contribution in [0.15, 0.2) is 59.5 Å². The molecule has 1 N–H and O–H groups in total. The molecule has 0 aliphatic heterocycles. The second kappa shape index (κ2) is 10.3. The maximum atomic E-state index is 12.2. The molecule has 142 valence electrons. The van der Waals surface area contributed by atoms with Crippen molar-refractivity contribution in [3.8, 4) is 5.75 Å². The number of halogens is 2. The lowest BCUT2D eigenvalue weighted by molar-refractivity contribution is -0.142. The monoisotopic (exact) mass is 393 g/mol. The smallest absolute Gasteiger partial charge is 0.331 e. The van der Waals surface area contributed by atoms with Crippen molar-refractivity contribution < 1.29 is 27.8 Å². The Balaban J connectivity index is 1.79. The number of carbonyl (C=O) groups is 2. The summed E-state index contributed by atoms with van der Waals surface area (Å²) in [7, 11) is 1.54. The number of hydrogen-bond acceptors (Lipinski definition) is 5. The highest BCUT2D eigenvalue weighted by Gasteiger charge is 2.08. The predicted molar refractivity (Wildman–Crippen MR) is 99.9 cm³/mol. The van der Waals surface area contributed by atoms with Crippen LogP contribution >= 0.6 is 11.8 Å². The van der Waals surface area contributed by atoms with Crippen molar-refractivity contribution in [2.24, 2.45) is 0 Å². The van der Waals surface area contributed by atoms with Crippen molar-refractivity contribution in [1.29, 1.82) is 0 Å². The lowest BCUT2D eigenvalue weighted by atomic mass is 10.2. The molecular weight excluding hydrogens is 376 g/mol. The second-order valence-electron chi connectivity index (χ2n) is 5.17. The fraction of sp³-hybridized carbons (Fsp3) is 0.158. The molecule has 0 aliphatic carbocycles. The fourth-order valence-electron chi connectivity index (χ4n) is 2.01. The van der Waals surface area contributed by atoms with E-state index in [1.54, 1.807) is 37.5 Å². The topological polar surface area (TPSA) is 64.6 Å². The molecule has 0 atom stereocenters. The van der Waals surface area contributed by atoms with E-state index in [1.165, 1.54) is 30.3 Å². The molecular formula is C19H17F2NO4S. The summed E-state index contributed by atoms with van der Waals surface area (Å²) in [6.07, 6.45) is 2.75. The number of methoxy groups -OCH3 is 1. The first-order chi connectivity index (χ1) is 13.0. The zero-order chi connectivity index (χ0) is 19.6. The molecule has 2 aromatic rings. The summed E-state index contributed by atoms with van der Waals surface area (Å²) in [5.74, 6) is -3.05. The molecule has 27 heavy (non-hydrogen) atoms. The third kappa shape index (κ3) is 7.49. The van der Waals surface area contributed by atoms with Gasteiger partial charge in [-0.05, 0) is 48.0 Å². The molecule has 1 amide bonds. The Morgan fingerprint density at radius 3 is 2.59 bits per heavy atom. The summed E-state index contributed by atoms with van der Waals surface area (Å²) in [4.78, 5) is 23.9. The van der Waals surface area contributed by atoms with Crippen LogP contribution in [0, 0.1) is 0 Å². The molecule has 5 nitrogen and oxygen atoms in total. The normalized spacial score (nSPS) is 10.8. The van der Waals surface area contributed by atoms with Crippen molar-refractivity contribution in [3.63, 3.8) is 0 Å². The number of esters is 1. The van der Waals surface area contributed by atoms with Gasteiger partial charge in [-0.3, -0.25) is 4.79 Å². The molecule has 0 aromatic heterocycles. The maximum absolute atomic E-state index is 12.2. The first kappa shape index (κ1) is 20.4. The van der Waals surface area contributed by atoms with Crippen molar-refractivity contribution >= 4 is 35.4 Å². The van der Waals surface area contributed by atoms with Crippen LogP contribution in [0.3, 0.4) is 0 Å². The van der Waals surface area contributed by atoms with Crippen LogP contribution in [0.4, 0.5) is 14.5 Å². The summed E-state index contributed by atoms with van der Waals surface area (Å²) in [6, 6.07) is 13.0. The highest BCUT2D eigenvalue weighted by atomic mass is 32.2. The molecule has 0 unspecified atom stereocenters. The predicted octanol–water partition coefficient (Wildman–Crippen LogP) is 4.21. The minimum Gasteiger partial charge on any atom is -0.497 e. The van der Waals surface area contributed by atoms with Crippen molar-refractivity contribution in [2.75, 3.05) is 19.0 Å². The van der Waals surface area contributed by atoms with E-state index >= 15 is 0 Å². The van der Waals surface area contributed by atoms with Gasteiger partial charge in [0, 0.05) is 16.7 Å². The van der Waals surface area contributed by atoms with Crippen LogP contribution in [0.2, 0.25) is 0 Å². The molecule has 0 radical (unpaired) electrons. The third-order valence-corrected chi connectivity index (χ3v) is 3.94.